The van der Waals surface area contributed by atoms with Gasteiger partial charge in [-0.15, -0.1) is 0 Å². The van der Waals surface area contributed by atoms with Gasteiger partial charge in [0.15, 0.2) is 6.03 Å². The van der Waals surface area contributed by atoms with Crippen molar-refractivity contribution in [2.24, 2.45) is 0 Å². The van der Waals surface area contributed by atoms with E-state index in [0.29, 0.717) is 0 Å². The van der Waals surface area contributed by atoms with Gasteiger partial charge >= 0.3 is 32.7 Å². The molecule has 0 aromatic heterocycles. The van der Waals surface area contributed by atoms with Gasteiger partial charge in [0.05, 0.1) is 0 Å². The van der Waals surface area contributed by atoms with E-state index in [0.717, 1.165) is 0 Å². The van der Waals surface area contributed by atoms with Crippen LogP contribution in [0.2, 0.25) is 0 Å². The Morgan fingerprint density at radius 1 is 1.50 bits per heavy atom. The Kier molecular flexibility index (Phi) is 6.09. The maximum atomic E-state index is 10.3. The molecule has 0 atom stereocenters. The molecule has 1 aliphatic heterocycles. The Morgan fingerprint density at radius 2 is 2.00 bits per heavy atom. The van der Waals surface area contributed by atoms with E-state index in [-0.39, 0.29) is 52.6 Å². The minimum absolute atomic E-state index is 0. The second kappa shape index (κ2) is 4.80. The Hall–Kier alpha value is 0.0439. The predicted octanol–water partition coefficient (Wildman–Crippen LogP) is 0.400. The molecule has 0 saturated carbocycles. The number of rotatable bonds is 0. The van der Waals surface area contributed by atoms with Crippen LogP contribution in [-0.2, 0) is 37.5 Å². The van der Waals surface area contributed by atoms with Crippen molar-refractivity contribution in [3.63, 3.8) is 0 Å². The molecule has 0 aliphatic carbocycles. The molecule has 1 heterocycles. The molecule has 0 radical (unpaired) electrons. The number of urea groups is 1. The maximum Gasteiger partial charge on any atom is 3.00 e. The number of carbonyl (C=O) groups is 2. The van der Waals surface area contributed by atoms with Gasteiger partial charge in [0.25, 0.3) is 0 Å². The predicted molar refractivity (Wildman–Crippen MR) is 32.8 cm³/mol. The third kappa shape index (κ3) is 2.75. The normalized spacial score (nSPS) is 15.5. The molecule has 1 fully saturated rings. The summed E-state index contributed by atoms with van der Waals surface area (Å²) >= 11 is 0. The van der Waals surface area contributed by atoms with Gasteiger partial charge in [0, 0.05) is 6.54 Å². The Labute approximate surface area is 85.2 Å². The molecule has 0 N–H and O–H groups in total. The maximum absolute atomic E-state index is 10.3. The van der Waals surface area contributed by atoms with Crippen molar-refractivity contribution in [2.45, 2.75) is 0 Å². The molecule has 1 saturated heterocycles. The third-order valence-electron chi connectivity index (χ3n) is 0.919. The van der Waals surface area contributed by atoms with Crippen LogP contribution in [0.5, 0.6) is 0 Å². The fourth-order valence-electron chi connectivity index (χ4n) is 0.498. The number of hydrogen-bond acceptors (Lipinski definition) is 2. The van der Waals surface area contributed by atoms with Crippen LogP contribution >= 0.6 is 0 Å². The van der Waals surface area contributed by atoms with Crippen LogP contribution in [0.15, 0.2) is 0 Å². The first-order valence-corrected chi connectivity index (χ1v) is 2.20. The quantitative estimate of drug-likeness (QED) is 0.435. The Morgan fingerprint density at radius 3 is 2.10 bits per heavy atom. The van der Waals surface area contributed by atoms with E-state index in [9.17, 15) is 9.59 Å². The molecular formula is C5H8N2O2Y+. The van der Waals surface area contributed by atoms with Crippen LogP contribution in [-0.4, -0.2) is 30.4 Å². The molecule has 1 aliphatic rings. The summed E-state index contributed by atoms with van der Waals surface area (Å²) in [6, 6.07) is -0.435. The smallest absolute Gasteiger partial charge is 0.432 e. The van der Waals surface area contributed by atoms with Crippen molar-refractivity contribution < 1.29 is 42.3 Å². The van der Waals surface area contributed by atoms with Crippen LogP contribution < -0.4 is 0 Å². The molecule has 10 heavy (non-hydrogen) atoms. The molecule has 0 aromatic rings. The fourth-order valence-corrected chi connectivity index (χ4v) is 0.498. The third-order valence-corrected chi connectivity index (χ3v) is 0.919. The van der Waals surface area contributed by atoms with Crippen molar-refractivity contribution in [2.75, 3.05) is 13.6 Å². The molecule has 3 amide bonds. The molecule has 52 valence electrons. The van der Waals surface area contributed by atoms with Crippen LogP contribution in [0, 0.1) is 7.43 Å². The van der Waals surface area contributed by atoms with Crippen LogP contribution in [0.25, 0.3) is 5.32 Å². The zero-order chi connectivity index (χ0) is 6.15. The Bertz CT molecular complexity index is 149. The zero-order valence-corrected chi connectivity index (χ0v) is 8.83. The van der Waals surface area contributed by atoms with Crippen molar-refractivity contribution >= 4 is 11.9 Å². The second-order valence-corrected chi connectivity index (χ2v) is 1.64. The van der Waals surface area contributed by atoms with E-state index in [4.69, 9.17) is 0 Å². The van der Waals surface area contributed by atoms with E-state index in [2.05, 4.69) is 5.32 Å². The summed E-state index contributed by atoms with van der Waals surface area (Å²) in [7, 11) is 1.54. The summed E-state index contributed by atoms with van der Waals surface area (Å²) < 4.78 is 0. The molecule has 0 spiro atoms. The SMILES string of the molecule is CN1CC(=O)[N-]C1=O.[CH3-].[Y+3]. The zero-order valence-electron chi connectivity index (χ0n) is 6.00. The molecule has 0 unspecified atom stereocenters. The van der Waals surface area contributed by atoms with Crippen LogP contribution in [0.1, 0.15) is 0 Å². The van der Waals surface area contributed by atoms with E-state index < -0.39 is 6.03 Å². The van der Waals surface area contributed by atoms with Crippen molar-refractivity contribution in [1.29, 1.82) is 0 Å². The number of nitrogens with zero attached hydrogens (tertiary/aromatic N) is 2. The second-order valence-electron chi connectivity index (χ2n) is 1.64. The monoisotopic (exact) mass is 217 g/mol. The topological polar surface area (TPSA) is 51.5 Å². The summed E-state index contributed by atoms with van der Waals surface area (Å²) in [5, 5.41) is 3.12. The molecule has 0 aromatic carbocycles. The van der Waals surface area contributed by atoms with Gasteiger partial charge in [-0.05, 0) is 0 Å². The minimum Gasteiger partial charge on any atom is -0.432 e. The van der Waals surface area contributed by atoms with Crippen molar-refractivity contribution in [3.8, 4) is 0 Å². The summed E-state index contributed by atoms with van der Waals surface area (Å²) in [6.45, 7) is 0.138. The first-order chi connectivity index (χ1) is 3.70. The summed E-state index contributed by atoms with van der Waals surface area (Å²) in [6.07, 6.45) is 0. The van der Waals surface area contributed by atoms with Crippen LogP contribution in [0.3, 0.4) is 0 Å². The fraction of sp³-hybridized carbons (Fsp3) is 0.400. The van der Waals surface area contributed by atoms with Gasteiger partial charge in [-0.2, -0.15) is 0 Å². The summed E-state index contributed by atoms with van der Waals surface area (Å²) in [5.74, 6) is -0.350. The molecule has 1 rings (SSSR count). The first-order valence-electron chi connectivity index (χ1n) is 2.20. The first kappa shape index (κ1) is 12.7. The van der Waals surface area contributed by atoms with E-state index in [1.54, 1.807) is 0 Å². The van der Waals surface area contributed by atoms with Crippen molar-refractivity contribution in [1.82, 2.24) is 4.90 Å². The molecule has 0 bridgehead atoms. The summed E-state index contributed by atoms with van der Waals surface area (Å²) in [5.41, 5.74) is 0. The average molecular weight is 217 g/mol. The van der Waals surface area contributed by atoms with Gasteiger partial charge in [-0.25, -0.2) is 0 Å². The number of carbonyl (C=O) groups excluding carboxylic acids is 2. The molecular weight excluding hydrogens is 209 g/mol. The van der Waals surface area contributed by atoms with E-state index in [1.165, 1.54) is 11.9 Å². The van der Waals surface area contributed by atoms with Gasteiger partial charge < -0.3 is 17.6 Å². The van der Waals surface area contributed by atoms with Crippen LogP contribution in [0.4, 0.5) is 4.79 Å². The average Bonchev–Trinajstić information content (AvgIpc) is 1.85. The number of imide groups is 1. The van der Waals surface area contributed by atoms with Gasteiger partial charge in [0.1, 0.15) is 5.91 Å². The van der Waals surface area contributed by atoms with Crippen molar-refractivity contribution in [3.05, 3.63) is 12.7 Å². The number of hydrogen-bond donors (Lipinski definition) is 0. The molecule has 5 heteroatoms. The number of likely N-dealkylation sites (N-methyl/N-ethyl adjacent to an activating group) is 1. The minimum atomic E-state index is -0.435. The molecule has 4 nitrogen and oxygen atoms in total. The van der Waals surface area contributed by atoms with Gasteiger partial charge in [-0.1, -0.05) is 7.05 Å². The van der Waals surface area contributed by atoms with E-state index >= 15 is 0 Å². The van der Waals surface area contributed by atoms with Gasteiger partial charge in [-0.3, -0.25) is 9.59 Å². The van der Waals surface area contributed by atoms with E-state index in [1.807, 2.05) is 0 Å². The Balaban J connectivity index is 0. The summed E-state index contributed by atoms with van der Waals surface area (Å²) in [4.78, 5) is 21.8. The largest absolute Gasteiger partial charge is 3.00 e. The standard InChI is InChI=1S/C4H6N2O2.CH3.Y/c1-6-2-3(7)5-4(6)8;;/h2H2,1H3,(H,5,7,8);1H3;/q;-1;+3/p-1. The number of amides is 3. The van der Waals surface area contributed by atoms with Gasteiger partial charge in [0.2, 0.25) is 0 Å².